The van der Waals surface area contributed by atoms with Crippen LogP contribution in [0, 0.1) is 18.8 Å². The van der Waals surface area contributed by atoms with Gasteiger partial charge in [0.15, 0.2) is 0 Å². The summed E-state index contributed by atoms with van der Waals surface area (Å²) in [5, 5.41) is 7.97. The molecule has 1 amide bonds. The molecule has 1 aliphatic heterocycles. The normalized spacial score (nSPS) is 14.7. The maximum atomic E-state index is 12.8. The number of nitrogens with one attached hydrogen (secondary N) is 1. The largest absolute Gasteiger partial charge is 0.346 e. The van der Waals surface area contributed by atoms with Gasteiger partial charge in [0.1, 0.15) is 9.90 Å². The molecule has 1 aromatic heterocycles. The molecule has 0 saturated carbocycles. The predicted octanol–water partition coefficient (Wildman–Crippen LogP) is 2.28. The molecule has 0 bridgehead atoms. The van der Waals surface area contributed by atoms with Gasteiger partial charge in [0.25, 0.3) is 5.91 Å². The molecule has 8 heteroatoms. The third-order valence-corrected chi connectivity index (χ3v) is 6.69. The molecule has 1 aliphatic rings. The topological polar surface area (TPSA) is 78.8 Å². The summed E-state index contributed by atoms with van der Waals surface area (Å²) in [7, 11) is -2.37. The van der Waals surface area contributed by atoms with Gasteiger partial charge in [-0.05, 0) is 25.5 Å². The highest BCUT2D eigenvalue weighted by molar-refractivity contribution is 8.08. The van der Waals surface area contributed by atoms with Gasteiger partial charge in [-0.2, -0.15) is 5.10 Å². The fourth-order valence-corrected chi connectivity index (χ4v) is 5.23. The van der Waals surface area contributed by atoms with Crippen molar-refractivity contribution in [3.8, 4) is 11.8 Å². The van der Waals surface area contributed by atoms with E-state index >= 15 is 0 Å². The van der Waals surface area contributed by atoms with E-state index in [2.05, 4.69) is 22.3 Å². The third kappa shape index (κ3) is 3.36. The quantitative estimate of drug-likeness (QED) is 0.820. The maximum absolute atomic E-state index is 12.8. The van der Waals surface area contributed by atoms with Crippen molar-refractivity contribution in [2.45, 2.75) is 25.3 Å². The van der Waals surface area contributed by atoms with E-state index in [9.17, 15) is 13.2 Å². The smallest absolute Gasteiger partial charge is 0.284 e. The molecule has 0 atom stereocenters. The van der Waals surface area contributed by atoms with Crippen molar-refractivity contribution < 1.29 is 13.2 Å². The molecule has 0 aliphatic carbocycles. The molecule has 26 heavy (non-hydrogen) atoms. The van der Waals surface area contributed by atoms with Gasteiger partial charge in [-0.15, -0.1) is 17.3 Å². The molecular weight excluding hydrogens is 370 g/mol. The highest BCUT2D eigenvalue weighted by Crippen LogP contribution is 2.38. The molecular formula is C18H17N3O3S2. The number of aryl methyl sites for hydroxylation is 1. The molecule has 1 aromatic carbocycles. The summed E-state index contributed by atoms with van der Waals surface area (Å²) in [5.41, 5.74) is 1.99. The minimum absolute atomic E-state index is 0.0678. The number of anilines is 1. The van der Waals surface area contributed by atoms with E-state index in [1.54, 1.807) is 14.0 Å². The Balaban J connectivity index is 1.85. The standard InChI is InChI=1S/C18H17N3O3S2/c1-4-5-14-10-15-18(25-14)21(3)20-17(26(15,23)24)16(22)19-11-13-8-6-12(2)7-9-13/h6-10H,11H2,1-3H3,(H,19,22). The van der Waals surface area contributed by atoms with Crippen LogP contribution in [0.2, 0.25) is 0 Å². The fourth-order valence-electron chi connectivity index (χ4n) is 2.44. The van der Waals surface area contributed by atoms with Crippen molar-refractivity contribution >= 4 is 37.1 Å². The summed E-state index contributed by atoms with van der Waals surface area (Å²) < 4.78 is 25.6. The zero-order chi connectivity index (χ0) is 18.9. The second kappa shape index (κ2) is 6.94. The number of carbonyl (C=O) groups excluding carboxylic acids is 1. The number of benzene rings is 1. The number of amides is 1. The van der Waals surface area contributed by atoms with Crippen molar-refractivity contribution in [1.29, 1.82) is 0 Å². The Morgan fingerprint density at radius 1 is 1.31 bits per heavy atom. The summed E-state index contributed by atoms with van der Waals surface area (Å²) in [5.74, 6) is 4.86. The number of thiophene rings is 1. The first-order chi connectivity index (χ1) is 12.3. The summed E-state index contributed by atoms with van der Waals surface area (Å²) in [6.07, 6.45) is 0. The fraction of sp³-hybridized carbons (Fsp3) is 0.222. The highest BCUT2D eigenvalue weighted by atomic mass is 32.2. The van der Waals surface area contributed by atoms with E-state index in [1.807, 2.05) is 31.2 Å². The monoisotopic (exact) mass is 387 g/mol. The molecule has 0 saturated heterocycles. The molecule has 3 rings (SSSR count). The van der Waals surface area contributed by atoms with E-state index in [4.69, 9.17) is 0 Å². The van der Waals surface area contributed by atoms with Crippen LogP contribution in [0.5, 0.6) is 0 Å². The Bertz CT molecular complexity index is 1060. The van der Waals surface area contributed by atoms with Crippen LogP contribution < -0.4 is 10.3 Å². The number of fused-ring (bicyclic) bond motifs is 1. The van der Waals surface area contributed by atoms with Gasteiger partial charge in [0.2, 0.25) is 14.9 Å². The summed E-state index contributed by atoms with van der Waals surface area (Å²) >= 11 is 1.23. The molecule has 1 N–H and O–H groups in total. The van der Waals surface area contributed by atoms with Crippen LogP contribution in [0.3, 0.4) is 0 Å². The van der Waals surface area contributed by atoms with Gasteiger partial charge < -0.3 is 5.32 Å². The molecule has 2 heterocycles. The third-order valence-electron chi connectivity index (χ3n) is 3.77. The number of sulfone groups is 1. The lowest BCUT2D eigenvalue weighted by atomic mass is 10.1. The lowest BCUT2D eigenvalue weighted by Gasteiger charge is -2.20. The summed E-state index contributed by atoms with van der Waals surface area (Å²) in [4.78, 5) is 13.2. The van der Waals surface area contributed by atoms with Crippen LogP contribution >= 0.6 is 11.3 Å². The number of carbonyl (C=O) groups is 1. The first-order valence-corrected chi connectivity index (χ1v) is 10.1. The zero-order valence-electron chi connectivity index (χ0n) is 14.5. The average Bonchev–Trinajstić information content (AvgIpc) is 3.03. The Morgan fingerprint density at radius 3 is 2.65 bits per heavy atom. The van der Waals surface area contributed by atoms with Crippen molar-refractivity contribution in [1.82, 2.24) is 5.32 Å². The van der Waals surface area contributed by atoms with Crippen molar-refractivity contribution in [2.75, 3.05) is 12.1 Å². The number of hydrazone groups is 1. The molecule has 6 nitrogen and oxygen atoms in total. The lowest BCUT2D eigenvalue weighted by Crippen LogP contribution is -2.39. The average molecular weight is 387 g/mol. The van der Waals surface area contributed by atoms with Crippen LogP contribution in [0.1, 0.15) is 22.9 Å². The van der Waals surface area contributed by atoms with E-state index in [-0.39, 0.29) is 11.4 Å². The molecule has 134 valence electrons. The number of rotatable bonds is 3. The van der Waals surface area contributed by atoms with Crippen molar-refractivity contribution in [3.63, 3.8) is 0 Å². The Kier molecular flexibility index (Phi) is 4.85. The number of hydrogen-bond donors (Lipinski definition) is 1. The summed E-state index contributed by atoms with van der Waals surface area (Å²) in [6.45, 7) is 3.87. The molecule has 0 radical (unpaired) electrons. The Hall–Kier alpha value is -2.63. The lowest BCUT2D eigenvalue weighted by molar-refractivity contribution is -0.114. The van der Waals surface area contributed by atoms with Crippen molar-refractivity contribution in [2.24, 2.45) is 5.10 Å². The molecule has 0 spiro atoms. The van der Waals surface area contributed by atoms with Gasteiger partial charge in [-0.1, -0.05) is 35.7 Å². The first kappa shape index (κ1) is 18.2. The van der Waals surface area contributed by atoms with Gasteiger partial charge in [0, 0.05) is 13.6 Å². The number of nitrogens with zero attached hydrogens (tertiary/aromatic N) is 2. The molecule has 0 fully saturated rings. The van der Waals surface area contributed by atoms with Gasteiger partial charge in [-0.3, -0.25) is 9.80 Å². The van der Waals surface area contributed by atoms with Gasteiger partial charge >= 0.3 is 0 Å². The van der Waals surface area contributed by atoms with Gasteiger partial charge in [0.05, 0.1) is 4.88 Å². The SMILES string of the molecule is CC#Cc1cc2c(s1)N(C)N=C(C(=O)NCc1ccc(C)cc1)S2(=O)=O. The Labute approximate surface area is 156 Å². The van der Waals surface area contributed by atoms with Crippen LogP contribution in [0.15, 0.2) is 40.3 Å². The van der Waals surface area contributed by atoms with Crippen LogP contribution in [-0.4, -0.2) is 26.4 Å². The highest BCUT2D eigenvalue weighted by Gasteiger charge is 2.38. The van der Waals surface area contributed by atoms with Gasteiger partial charge in [-0.25, -0.2) is 8.42 Å². The van der Waals surface area contributed by atoms with E-state index in [1.165, 1.54) is 22.4 Å². The van der Waals surface area contributed by atoms with E-state index in [0.29, 0.717) is 9.88 Å². The van der Waals surface area contributed by atoms with Crippen molar-refractivity contribution in [3.05, 3.63) is 46.3 Å². The number of hydrogen-bond acceptors (Lipinski definition) is 6. The molecule has 2 aromatic rings. The minimum Gasteiger partial charge on any atom is -0.346 e. The zero-order valence-corrected chi connectivity index (χ0v) is 16.2. The van der Waals surface area contributed by atoms with Crippen LogP contribution in [0.4, 0.5) is 5.00 Å². The maximum Gasteiger partial charge on any atom is 0.284 e. The summed E-state index contributed by atoms with van der Waals surface area (Å²) in [6, 6.07) is 9.11. The van der Waals surface area contributed by atoms with E-state index < -0.39 is 20.8 Å². The second-order valence-corrected chi connectivity index (χ2v) is 8.62. The molecule has 0 unspecified atom stereocenters. The first-order valence-electron chi connectivity index (χ1n) is 7.80. The van der Waals surface area contributed by atoms with Crippen LogP contribution in [-0.2, 0) is 21.2 Å². The van der Waals surface area contributed by atoms with E-state index in [0.717, 1.165) is 11.1 Å². The predicted molar refractivity (Wildman–Crippen MR) is 103 cm³/mol. The second-order valence-electron chi connectivity index (χ2n) is 5.76. The minimum atomic E-state index is -3.98. The Morgan fingerprint density at radius 2 is 2.00 bits per heavy atom. The van der Waals surface area contributed by atoms with Crippen LogP contribution in [0.25, 0.3) is 0 Å².